The molecule has 5 atom stereocenters. The number of carbonyl (C=O) groups excluding carboxylic acids is 3. The molecule has 0 spiro atoms. The molecule has 6 aromatic rings. The molecule has 0 aliphatic carbocycles. The van der Waals surface area contributed by atoms with Crippen LogP contribution in [-0.2, 0) is 14.3 Å². The minimum absolute atomic E-state index is 0.0141. The second-order valence-electron chi connectivity index (χ2n) is 15.7. The number of rotatable bonds is 10. The van der Waals surface area contributed by atoms with Gasteiger partial charge in [0, 0.05) is 18.7 Å². The standard InChI is InChI=1S/C46H47N9O4/c1-27(2)40(48)44(56)55-26-28(23-47)20-39(55)43-50-25-37(52-43)35-18-17-33-21-32(15-16-34(33)22-35)29-11-13-30(14-12-29)36-24-49-42(51-36)38-10-7-19-54(38)45(57)41(53-46(58)59-3)31-8-5-4-6-9-31/h4-6,8-9,11-18,21-22,24-25,27-28,38-41H,7,10,19-20,26,48H2,1-3H3,(H,49,51)(H,50,52)(H,53,58)/t28-,38-,39-,40-,41+/m0/s1. The van der Waals surface area contributed by atoms with E-state index in [2.05, 4.69) is 87.0 Å². The van der Waals surface area contributed by atoms with Crippen LogP contribution in [-0.4, -0.2) is 73.9 Å². The monoisotopic (exact) mass is 789 g/mol. The van der Waals surface area contributed by atoms with E-state index in [0.29, 0.717) is 36.7 Å². The van der Waals surface area contributed by atoms with E-state index in [0.717, 1.165) is 57.3 Å². The van der Waals surface area contributed by atoms with Gasteiger partial charge >= 0.3 is 6.09 Å². The van der Waals surface area contributed by atoms with Crippen LogP contribution < -0.4 is 11.1 Å². The molecule has 0 unspecified atom stereocenters. The molecule has 2 aliphatic heterocycles. The lowest BCUT2D eigenvalue weighted by molar-refractivity contribution is -0.135. The van der Waals surface area contributed by atoms with Gasteiger partial charge in [0.2, 0.25) is 5.91 Å². The summed E-state index contributed by atoms with van der Waals surface area (Å²) in [5.74, 6) is 0.710. The molecule has 2 saturated heterocycles. The molecule has 2 aliphatic rings. The maximum Gasteiger partial charge on any atom is 0.407 e. The van der Waals surface area contributed by atoms with E-state index in [1.165, 1.54) is 7.11 Å². The fourth-order valence-corrected chi connectivity index (χ4v) is 8.24. The van der Waals surface area contributed by atoms with Crippen molar-refractivity contribution >= 4 is 28.7 Å². The molecule has 0 radical (unpaired) electrons. The molecular formula is C46H47N9O4. The van der Waals surface area contributed by atoms with Gasteiger partial charge < -0.3 is 35.6 Å². The van der Waals surface area contributed by atoms with Crippen LogP contribution in [0, 0.1) is 23.2 Å². The van der Waals surface area contributed by atoms with Crippen LogP contribution in [0.15, 0.2) is 103 Å². The van der Waals surface area contributed by atoms with Crippen molar-refractivity contribution in [3.05, 3.63) is 121 Å². The first kappa shape index (κ1) is 39.1. The Morgan fingerprint density at radius 2 is 1.42 bits per heavy atom. The number of fused-ring (bicyclic) bond motifs is 1. The Labute approximate surface area is 342 Å². The van der Waals surface area contributed by atoms with Crippen LogP contribution in [0.2, 0.25) is 0 Å². The van der Waals surface area contributed by atoms with Gasteiger partial charge in [-0.25, -0.2) is 14.8 Å². The summed E-state index contributed by atoms with van der Waals surface area (Å²) in [4.78, 5) is 59.2. The highest BCUT2D eigenvalue weighted by molar-refractivity contribution is 5.91. The van der Waals surface area contributed by atoms with Crippen LogP contribution in [0.25, 0.3) is 44.4 Å². The molecule has 0 bridgehead atoms. The summed E-state index contributed by atoms with van der Waals surface area (Å²) in [6, 6.07) is 30.4. The van der Waals surface area contributed by atoms with E-state index >= 15 is 0 Å². The minimum atomic E-state index is -0.880. The molecule has 13 heteroatoms. The van der Waals surface area contributed by atoms with Gasteiger partial charge in [-0.2, -0.15) is 5.26 Å². The smallest absolute Gasteiger partial charge is 0.407 e. The molecule has 300 valence electrons. The quantitative estimate of drug-likeness (QED) is 0.110. The minimum Gasteiger partial charge on any atom is -0.453 e. The molecule has 5 N–H and O–H groups in total. The number of amides is 3. The van der Waals surface area contributed by atoms with Crippen LogP contribution in [0.4, 0.5) is 4.79 Å². The van der Waals surface area contributed by atoms with Gasteiger partial charge in [-0.3, -0.25) is 9.59 Å². The Kier molecular flexibility index (Phi) is 11.0. The molecular weight excluding hydrogens is 743 g/mol. The van der Waals surface area contributed by atoms with Gasteiger partial charge in [0.1, 0.15) is 17.7 Å². The second-order valence-corrected chi connectivity index (χ2v) is 15.7. The van der Waals surface area contributed by atoms with Crippen LogP contribution in [0.3, 0.4) is 0 Å². The summed E-state index contributed by atoms with van der Waals surface area (Å²) in [5.41, 5.74) is 12.7. The first-order valence-corrected chi connectivity index (χ1v) is 20.0. The van der Waals surface area contributed by atoms with Gasteiger partial charge in [0.05, 0.1) is 61.0 Å². The molecule has 2 fully saturated rings. The van der Waals surface area contributed by atoms with Crippen molar-refractivity contribution in [2.45, 2.75) is 57.3 Å². The van der Waals surface area contributed by atoms with Crippen molar-refractivity contribution in [1.82, 2.24) is 35.1 Å². The molecule has 13 nitrogen and oxygen atoms in total. The van der Waals surface area contributed by atoms with Gasteiger partial charge in [0.25, 0.3) is 5.91 Å². The van der Waals surface area contributed by atoms with E-state index in [1.807, 2.05) is 44.2 Å². The highest BCUT2D eigenvalue weighted by atomic mass is 16.5. The molecule has 0 saturated carbocycles. The van der Waals surface area contributed by atoms with Gasteiger partial charge in [-0.15, -0.1) is 0 Å². The number of alkyl carbamates (subject to hydrolysis) is 1. The summed E-state index contributed by atoms with van der Waals surface area (Å²) in [5, 5.41) is 14.5. The van der Waals surface area contributed by atoms with E-state index in [-0.39, 0.29) is 35.7 Å². The lowest BCUT2D eigenvalue weighted by atomic mass is 9.98. The zero-order valence-corrected chi connectivity index (χ0v) is 33.3. The third-order valence-corrected chi connectivity index (χ3v) is 11.6. The first-order chi connectivity index (χ1) is 28.6. The number of nitrogens with two attached hydrogens (primary N) is 1. The van der Waals surface area contributed by atoms with E-state index in [1.54, 1.807) is 22.2 Å². The summed E-state index contributed by atoms with van der Waals surface area (Å²) >= 11 is 0. The zero-order valence-electron chi connectivity index (χ0n) is 33.3. The van der Waals surface area contributed by atoms with E-state index in [4.69, 9.17) is 15.5 Å². The first-order valence-electron chi connectivity index (χ1n) is 20.0. The van der Waals surface area contributed by atoms with E-state index in [9.17, 15) is 19.6 Å². The highest BCUT2D eigenvalue weighted by Crippen LogP contribution is 2.37. The van der Waals surface area contributed by atoms with Crippen LogP contribution in [0.5, 0.6) is 0 Å². The number of H-pyrrole nitrogens is 2. The lowest BCUT2D eigenvalue weighted by Gasteiger charge is -2.28. The van der Waals surface area contributed by atoms with Crippen LogP contribution in [0.1, 0.15) is 68.4 Å². The maximum absolute atomic E-state index is 13.9. The Bertz CT molecular complexity index is 2520. The SMILES string of the molecule is COC(=O)N[C@@H](C(=O)N1CCC[C@H]1c1ncc(-c2ccc(-c3ccc4cc(-c5cnc([C@@H]6C[C@@H](C#N)CN6C(=O)[C@@H](N)C(C)C)[nH]5)ccc4c3)cc2)[nH]1)c1ccccc1. The number of hydrogen-bond donors (Lipinski definition) is 4. The average Bonchev–Trinajstić information content (AvgIpc) is 4.11. The Morgan fingerprint density at radius 1 is 0.814 bits per heavy atom. The Hall–Kier alpha value is -6.78. The number of ether oxygens (including phenoxy) is 1. The normalized spacial score (nSPS) is 18.8. The number of imidazole rings is 2. The van der Waals surface area contributed by atoms with Gasteiger partial charge in [-0.05, 0) is 70.3 Å². The number of nitriles is 1. The Balaban J connectivity index is 0.958. The van der Waals surface area contributed by atoms with Gasteiger partial charge in [-0.1, -0.05) is 92.7 Å². The van der Waals surface area contributed by atoms with Gasteiger partial charge in [0.15, 0.2) is 0 Å². The second kappa shape index (κ2) is 16.6. The number of methoxy groups -OCH3 is 1. The predicted octanol–water partition coefficient (Wildman–Crippen LogP) is 7.44. The topological polar surface area (TPSA) is 186 Å². The number of nitrogens with zero attached hydrogens (tertiary/aromatic N) is 5. The van der Waals surface area contributed by atoms with Crippen molar-refractivity contribution < 1.29 is 19.1 Å². The number of carbonyl (C=O) groups is 3. The molecule has 3 amide bonds. The number of benzene rings is 4. The third-order valence-electron chi connectivity index (χ3n) is 11.6. The third kappa shape index (κ3) is 7.91. The number of aromatic amines is 2. The highest BCUT2D eigenvalue weighted by Gasteiger charge is 2.40. The molecule has 8 rings (SSSR count). The fraction of sp³-hybridized carbons (Fsp3) is 0.304. The predicted molar refractivity (Wildman–Crippen MR) is 224 cm³/mol. The number of hydrogen-bond acceptors (Lipinski definition) is 8. The van der Waals surface area contributed by atoms with Crippen molar-refractivity contribution in [3.63, 3.8) is 0 Å². The van der Waals surface area contributed by atoms with Crippen molar-refractivity contribution in [2.24, 2.45) is 17.6 Å². The average molecular weight is 790 g/mol. The van der Waals surface area contributed by atoms with Crippen LogP contribution >= 0.6 is 0 Å². The fourth-order valence-electron chi connectivity index (χ4n) is 8.24. The number of nitrogens with one attached hydrogen (secondary N) is 3. The summed E-state index contributed by atoms with van der Waals surface area (Å²) < 4.78 is 4.83. The largest absolute Gasteiger partial charge is 0.453 e. The van der Waals surface area contributed by atoms with Crippen molar-refractivity contribution in [2.75, 3.05) is 20.2 Å². The maximum atomic E-state index is 13.9. The van der Waals surface area contributed by atoms with Crippen molar-refractivity contribution in [1.29, 1.82) is 5.26 Å². The molecule has 4 aromatic carbocycles. The van der Waals surface area contributed by atoms with E-state index < -0.39 is 18.2 Å². The lowest BCUT2D eigenvalue weighted by Crippen LogP contribution is -2.46. The zero-order chi connectivity index (χ0) is 41.2. The summed E-state index contributed by atoms with van der Waals surface area (Å²) in [6.45, 7) is 4.75. The molecule has 2 aromatic heterocycles. The molecule has 59 heavy (non-hydrogen) atoms. The number of aromatic nitrogens is 4. The molecule has 4 heterocycles. The van der Waals surface area contributed by atoms with Crippen molar-refractivity contribution in [3.8, 4) is 39.7 Å². The Morgan fingerprint density at radius 3 is 2.08 bits per heavy atom. The summed E-state index contributed by atoms with van der Waals surface area (Å²) in [6.07, 6.45) is 5.01. The number of likely N-dealkylation sites (tertiary alicyclic amines) is 2. The summed E-state index contributed by atoms with van der Waals surface area (Å²) in [7, 11) is 1.28.